The second-order valence-electron chi connectivity index (χ2n) is 8.98. The fourth-order valence-electron chi connectivity index (χ4n) is 3.66. The molecule has 0 aliphatic carbocycles. The number of ether oxygens (including phenoxy) is 1. The molecule has 1 saturated heterocycles. The van der Waals surface area contributed by atoms with Crippen LogP contribution in [0, 0.1) is 17.6 Å². The quantitative estimate of drug-likeness (QED) is 0.705. The Morgan fingerprint density at radius 1 is 1.17 bits per heavy atom. The highest BCUT2D eigenvalue weighted by atomic mass is 19.1. The molecule has 2 N–H and O–H groups in total. The number of benzene rings is 1. The number of rotatable bonds is 7. The van der Waals surface area contributed by atoms with Crippen LogP contribution in [0.25, 0.3) is 0 Å². The summed E-state index contributed by atoms with van der Waals surface area (Å²) < 4.78 is 33.6. The van der Waals surface area contributed by atoms with Crippen molar-refractivity contribution < 1.29 is 23.1 Å². The van der Waals surface area contributed by atoms with Crippen LogP contribution in [-0.2, 0) is 9.53 Å². The van der Waals surface area contributed by atoms with Crippen molar-refractivity contribution in [3.8, 4) is 0 Å². The van der Waals surface area contributed by atoms with Crippen molar-refractivity contribution in [2.24, 2.45) is 5.92 Å². The van der Waals surface area contributed by atoms with Crippen LogP contribution in [0.5, 0.6) is 0 Å². The van der Waals surface area contributed by atoms with E-state index in [9.17, 15) is 18.4 Å². The Morgan fingerprint density at radius 3 is 2.20 bits per heavy atom. The summed E-state index contributed by atoms with van der Waals surface area (Å²) in [5, 5.41) is 5.37. The van der Waals surface area contributed by atoms with Crippen LogP contribution in [0.3, 0.4) is 0 Å². The molecule has 1 aromatic carbocycles. The first-order valence-electron chi connectivity index (χ1n) is 10.4. The molecule has 0 bridgehead atoms. The molecule has 1 aliphatic rings. The molecular formula is C22H33F2N3O3. The third kappa shape index (κ3) is 5.98. The number of nitrogens with one attached hydrogen (secondary N) is 2. The Labute approximate surface area is 177 Å². The van der Waals surface area contributed by atoms with Crippen molar-refractivity contribution >= 4 is 11.8 Å². The van der Waals surface area contributed by atoms with Crippen LogP contribution >= 0.6 is 0 Å². The van der Waals surface area contributed by atoms with Gasteiger partial charge in [-0.3, -0.25) is 14.5 Å². The van der Waals surface area contributed by atoms with Gasteiger partial charge < -0.3 is 15.4 Å². The van der Waals surface area contributed by atoms with E-state index >= 15 is 0 Å². The Balaban J connectivity index is 2.04. The molecule has 8 heteroatoms. The van der Waals surface area contributed by atoms with Crippen molar-refractivity contribution in [2.45, 2.75) is 65.3 Å². The van der Waals surface area contributed by atoms with Crippen LogP contribution < -0.4 is 10.6 Å². The van der Waals surface area contributed by atoms with Crippen LogP contribution in [-0.4, -0.2) is 60.1 Å². The summed E-state index contributed by atoms with van der Waals surface area (Å²) in [6.07, 6.45) is 0.198. The summed E-state index contributed by atoms with van der Waals surface area (Å²) in [6.45, 7) is 13.5. The summed E-state index contributed by atoms with van der Waals surface area (Å²) in [4.78, 5) is 27.5. The van der Waals surface area contributed by atoms with E-state index in [1.807, 2.05) is 27.7 Å². The summed E-state index contributed by atoms with van der Waals surface area (Å²) in [7, 11) is 0. The number of nitrogens with zero attached hydrogens (tertiary/aromatic N) is 1. The maximum atomic E-state index is 13.9. The molecular weight excluding hydrogens is 392 g/mol. The van der Waals surface area contributed by atoms with Crippen molar-refractivity contribution in [3.05, 3.63) is 35.4 Å². The van der Waals surface area contributed by atoms with E-state index in [-0.39, 0.29) is 23.7 Å². The van der Waals surface area contributed by atoms with Gasteiger partial charge in [-0.1, -0.05) is 19.9 Å². The highest BCUT2D eigenvalue weighted by Gasteiger charge is 2.34. The monoisotopic (exact) mass is 425 g/mol. The lowest BCUT2D eigenvalue weighted by molar-refractivity contribution is -0.125. The minimum absolute atomic E-state index is 0.0992. The van der Waals surface area contributed by atoms with E-state index in [0.717, 1.165) is 25.2 Å². The first-order chi connectivity index (χ1) is 13.9. The van der Waals surface area contributed by atoms with Gasteiger partial charge in [-0.25, -0.2) is 8.78 Å². The number of carbonyl (C=O) groups is 2. The molecule has 0 aromatic heterocycles. The second kappa shape index (κ2) is 9.83. The highest BCUT2D eigenvalue weighted by molar-refractivity contribution is 5.98. The van der Waals surface area contributed by atoms with E-state index in [0.29, 0.717) is 6.54 Å². The van der Waals surface area contributed by atoms with Gasteiger partial charge in [0.05, 0.1) is 12.2 Å². The third-order valence-corrected chi connectivity index (χ3v) is 5.40. The first-order valence-corrected chi connectivity index (χ1v) is 10.4. The minimum Gasteiger partial charge on any atom is -0.373 e. The lowest BCUT2D eigenvalue weighted by atomic mass is 9.98. The number of halogens is 2. The van der Waals surface area contributed by atoms with Gasteiger partial charge in [0.15, 0.2) is 0 Å². The van der Waals surface area contributed by atoms with Gasteiger partial charge in [0.2, 0.25) is 5.91 Å². The molecule has 0 spiro atoms. The van der Waals surface area contributed by atoms with E-state index in [2.05, 4.69) is 15.5 Å². The Hall–Kier alpha value is -2.06. The maximum Gasteiger partial charge on any atom is 0.257 e. The molecule has 0 radical (unpaired) electrons. The lowest BCUT2D eigenvalue weighted by Crippen LogP contribution is -2.60. The largest absolute Gasteiger partial charge is 0.373 e. The summed E-state index contributed by atoms with van der Waals surface area (Å²) in [5.74, 6) is -3.54. The average Bonchev–Trinajstić information content (AvgIpc) is 2.63. The Bertz CT molecular complexity index is 740. The smallest absolute Gasteiger partial charge is 0.257 e. The first kappa shape index (κ1) is 24.2. The maximum absolute atomic E-state index is 13.9. The summed E-state index contributed by atoms with van der Waals surface area (Å²) in [5.41, 5.74) is -1.02. The Kier molecular flexibility index (Phi) is 7.93. The van der Waals surface area contributed by atoms with E-state index < -0.39 is 35.1 Å². The molecule has 2 amide bonds. The summed E-state index contributed by atoms with van der Waals surface area (Å²) >= 11 is 0. The van der Waals surface area contributed by atoms with Gasteiger partial charge in [0.25, 0.3) is 5.91 Å². The fraction of sp³-hybridized carbons (Fsp3) is 0.636. The van der Waals surface area contributed by atoms with Gasteiger partial charge in [-0.2, -0.15) is 0 Å². The molecule has 6 nitrogen and oxygen atoms in total. The number of morpholine rings is 1. The van der Waals surface area contributed by atoms with E-state index in [4.69, 9.17) is 4.74 Å². The van der Waals surface area contributed by atoms with Crippen LogP contribution in [0.15, 0.2) is 18.2 Å². The molecule has 1 heterocycles. The predicted molar refractivity (Wildman–Crippen MR) is 111 cm³/mol. The van der Waals surface area contributed by atoms with Gasteiger partial charge in [-0.05, 0) is 45.7 Å². The molecule has 168 valence electrons. The fourth-order valence-corrected chi connectivity index (χ4v) is 3.66. The zero-order valence-electron chi connectivity index (χ0n) is 18.6. The van der Waals surface area contributed by atoms with Gasteiger partial charge in [-0.15, -0.1) is 0 Å². The van der Waals surface area contributed by atoms with Crippen LogP contribution in [0.4, 0.5) is 8.78 Å². The van der Waals surface area contributed by atoms with Crippen molar-refractivity contribution in [1.82, 2.24) is 15.5 Å². The predicted octanol–water partition coefficient (Wildman–Crippen LogP) is 2.72. The van der Waals surface area contributed by atoms with Gasteiger partial charge >= 0.3 is 0 Å². The number of carbonyl (C=O) groups excluding carboxylic acids is 2. The highest BCUT2D eigenvalue weighted by Crippen LogP contribution is 2.21. The van der Waals surface area contributed by atoms with Crippen molar-refractivity contribution in [1.29, 1.82) is 0 Å². The van der Waals surface area contributed by atoms with Crippen LogP contribution in [0.1, 0.15) is 51.9 Å². The molecule has 1 aromatic rings. The second-order valence-corrected chi connectivity index (χ2v) is 8.98. The molecule has 1 aliphatic heterocycles. The normalized spacial score (nSPS) is 21.4. The number of hydrogen-bond acceptors (Lipinski definition) is 4. The topological polar surface area (TPSA) is 70.7 Å². The van der Waals surface area contributed by atoms with Crippen molar-refractivity contribution in [2.75, 3.05) is 19.6 Å². The molecule has 0 saturated carbocycles. The summed E-state index contributed by atoms with van der Waals surface area (Å²) in [6, 6.07) is 2.28. The minimum atomic E-state index is -0.966. The lowest BCUT2D eigenvalue weighted by Gasteiger charge is -2.45. The molecule has 30 heavy (non-hydrogen) atoms. The van der Waals surface area contributed by atoms with Gasteiger partial charge in [0.1, 0.15) is 23.2 Å². The number of hydrogen-bond donors (Lipinski definition) is 2. The average molecular weight is 426 g/mol. The third-order valence-electron chi connectivity index (χ3n) is 5.40. The van der Waals surface area contributed by atoms with Crippen LogP contribution in [0.2, 0.25) is 0 Å². The Morgan fingerprint density at radius 2 is 1.70 bits per heavy atom. The van der Waals surface area contributed by atoms with Gasteiger partial charge in [0, 0.05) is 25.2 Å². The molecule has 3 atom stereocenters. The SMILES string of the molecule is CC(C)[C@H](NC(=O)c1c(F)cccc1F)C(=O)NCC(C)(C)N1C[C@@H](C)O[C@@H](C)C1. The number of amides is 2. The van der Waals surface area contributed by atoms with E-state index in [1.165, 1.54) is 6.07 Å². The molecule has 0 unspecified atom stereocenters. The standard InChI is InChI=1S/C22H33F2N3O3/c1-13(2)19(26-20(28)18-16(23)8-7-9-17(18)24)21(29)25-12-22(5,6)27-10-14(3)30-15(4)11-27/h7-9,13-15,19H,10-12H2,1-6H3,(H,25,29)(H,26,28)/t14-,15+,19-/m0/s1. The van der Waals surface area contributed by atoms with E-state index in [1.54, 1.807) is 13.8 Å². The van der Waals surface area contributed by atoms with Crippen molar-refractivity contribution in [3.63, 3.8) is 0 Å². The molecule has 2 rings (SSSR count). The molecule has 1 fully saturated rings. The zero-order chi connectivity index (χ0) is 22.6. The zero-order valence-corrected chi connectivity index (χ0v) is 18.6.